The van der Waals surface area contributed by atoms with Crippen LogP contribution in [0, 0.1) is 0 Å². The predicted octanol–water partition coefficient (Wildman–Crippen LogP) is 2.47. The standard InChI is InChI=1S/C18H21N5O/c1-18(2)22-16(19)21-17(20)23(18)24-12-13-7-6-10-15(11-13)14-8-4-3-5-9-14/h3-11H,12H2,1-2H3,(H4,19,20,21,22). The van der Waals surface area contributed by atoms with E-state index >= 15 is 0 Å². The quantitative estimate of drug-likeness (QED) is 0.904. The highest BCUT2D eigenvalue weighted by Gasteiger charge is 2.33. The molecule has 0 aromatic heterocycles. The number of hydroxylamine groups is 2. The third-order valence-electron chi connectivity index (χ3n) is 3.72. The summed E-state index contributed by atoms with van der Waals surface area (Å²) in [5.74, 6) is 0.357. The average molecular weight is 323 g/mol. The van der Waals surface area contributed by atoms with Crippen molar-refractivity contribution >= 4 is 11.9 Å². The van der Waals surface area contributed by atoms with Gasteiger partial charge in [0, 0.05) is 0 Å². The molecule has 6 heteroatoms. The Labute approximate surface area is 141 Å². The predicted molar refractivity (Wildman–Crippen MR) is 95.8 cm³/mol. The summed E-state index contributed by atoms with van der Waals surface area (Å²) in [4.78, 5) is 14.1. The number of aliphatic imine (C=N–C) groups is 2. The molecule has 2 aromatic carbocycles. The Kier molecular flexibility index (Phi) is 4.22. The highest BCUT2D eigenvalue weighted by Crippen LogP contribution is 2.23. The summed E-state index contributed by atoms with van der Waals surface area (Å²) in [5.41, 5.74) is 14.2. The summed E-state index contributed by atoms with van der Waals surface area (Å²) in [7, 11) is 0. The molecule has 0 amide bonds. The van der Waals surface area contributed by atoms with E-state index < -0.39 is 5.66 Å². The Bertz CT molecular complexity index is 783. The molecule has 0 aliphatic carbocycles. The normalized spacial score (nSPS) is 16.5. The summed E-state index contributed by atoms with van der Waals surface area (Å²) >= 11 is 0. The topological polar surface area (TPSA) is 89.2 Å². The molecule has 4 N–H and O–H groups in total. The molecule has 0 bridgehead atoms. The minimum absolute atomic E-state index is 0.156. The van der Waals surface area contributed by atoms with Gasteiger partial charge in [0.1, 0.15) is 6.61 Å². The molecular weight excluding hydrogens is 302 g/mol. The number of hydrogen-bond acceptors (Lipinski definition) is 6. The fraction of sp³-hybridized carbons (Fsp3) is 0.222. The summed E-state index contributed by atoms with van der Waals surface area (Å²) in [6.07, 6.45) is 0. The van der Waals surface area contributed by atoms with Gasteiger partial charge in [-0.25, -0.2) is 4.99 Å². The highest BCUT2D eigenvalue weighted by atomic mass is 16.7. The number of nitrogens with zero attached hydrogens (tertiary/aromatic N) is 3. The second-order valence-corrected chi connectivity index (χ2v) is 6.07. The maximum absolute atomic E-state index is 5.92. The Morgan fingerprint density at radius 1 is 1.00 bits per heavy atom. The largest absolute Gasteiger partial charge is 0.368 e. The summed E-state index contributed by atoms with van der Waals surface area (Å²) in [6, 6.07) is 18.4. The molecule has 2 aromatic rings. The third-order valence-corrected chi connectivity index (χ3v) is 3.72. The van der Waals surface area contributed by atoms with E-state index in [-0.39, 0.29) is 11.9 Å². The zero-order chi connectivity index (χ0) is 17.2. The van der Waals surface area contributed by atoms with E-state index in [0.717, 1.165) is 16.7 Å². The molecule has 6 nitrogen and oxygen atoms in total. The van der Waals surface area contributed by atoms with E-state index in [1.54, 1.807) is 0 Å². The van der Waals surface area contributed by atoms with E-state index in [1.165, 1.54) is 5.06 Å². The van der Waals surface area contributed by atoms with Gasteiger partial charge in [-0.15, -0.1) is 0 Å². The Morgan fingerprint density at radius 2 is 1.71 bits per heavy atom. The van der Waals surface area contributed by atoms with Crippen molar-refractivity contribution < 1.29 is 4.84 Å². The average Bonchev–Trinajstić information content (AvgIpc) is 2.54. The zero-order valence-electron chi connectivity index (χ0n) is 13.8. The molecule has 0 spiro atoms. The van der Waals surface area contributed by atoms with E-state index in [1.807, 2.05) is 44.2 Å². The molecular formula is C18H21N5O. The summed E-state index contributed by atoms with van der Waals surface area (Å²) < 4.78 is 0. The van der Waals surface area contributed by atoms with Gasteiger partial charge in [0.15, 0.2) is 5.66 Å². The second-order valence-electron chi connectivity index (χ2n) is 6.07. The fourth-order valence-electron chi connectivity index (χ4n) is 2.63. The van der Waals surface area contributed by atoms with Crippen LogP contribution in [-0.4, -0.2) is 22.6 Å². The maximum Gasteiger partial charge on any atom is 0.226 e. The van der Waals surface area contributed by atoms with Gasteiger partial charge in [-0.1, -0.05) is 48.5 Å². The van der Waals surface area contributed by atoms with Gasteiger partial charge in [0.2, 0.25) is 11.9 Å². The van der Waals surface area contributed by atoms with E-state index in [2.05, 4.69) is 34.3 Å². The number of benzene rings is 2. The first kappa shape index (κ1) is 16.0. The second kappa shape index (κ2) is 6.33. The van der Waals surface area contributed by atoms with Crippen LogP contribution < -0.4 is 11.5 Å². The van der Waals surface area contributed by atoms with E-state index in [9.17, 15) is 0 Å². The molecule has 1 aliphatic heterocycles. The van der Waals surface area contributed by atoms with Crippen LogP contribution >= 0.6 is 0 Å². The number of rotatable bonds is 4. The molecule has 0 unspecified atom stereocenters. The monoisotopic (exact) mass is 323 g/mol. The van der Waals surface area contributed by atoms with Gasteiger partial charge >= 0.3 is 0 Å². The van der Waals surface area contributed by atoms with Crippen molar-refractivity contribution in [2.24, 2.45) is 21.5 Å². The fourth-order valence-corrected chi connectivity index (χ4v) is 2.63. The molecule has 0 saturated heterocycles. The maximum atomic E-state index is 5.92. The van der Waals surface area contributed by atoms with Crippen LogP contribution in [0.15, 0.2) is 64.6 Å². The van der Waals surface area contributed by atoms with Crippen molar-refractivity contribution in [1.29, 1.82) is 0 Å². The lowest BCUT2D eigenvalue weighted by molar-refractivity contribution is -0.166. The number of guanidine groups is 2. The Hall–Kier alpha value is -2.86. The number of hydrogen-bond donors (Lipinski definition) is 2. The Balaban J connectivity index is 1.75. The molecule has 0 saturated carbocycles. The molecule has 24 heavy (non-hydrogen) atoms. The van der Waals surface area contributed by atoms with Gasteiger partial charge in [-0.05, 0) is 36.6 Å². The van der Waals surface area contributed by atoms with Crippen molar-refractivity contribution in [3.05, 3.63) is 60.2 Å². The summed E-state index contributed by atoms with van der Waals surface area (Å²) in [5, 5.41) is 1.48. The third kappa shape index (κ3) is 3.38. The van der Waals surface area contributed by atoms with Crippen LogP contribution in [0.1, 0.15) is 19.4 Å². The smallest absolute Gasteiger partial charge is 0.226 e. The van der Waals surface area contributed by atoms with Crippen LogP contribution in [0.4, 0.5) is 0 Å². The van der Waals surface area contributed by atoms with Gasteiger partial charge in [-0.3, -0.25) is 4.84 Å². The molecule has 0 fully saturated rings. The zero-order valence-corrected chi connectivity index (χ0v) is 13.8. The van der Waals surface area contributed by atoms with Crippen molar-refractivity contribution in [3.63, 3.8) is 0 Å². The first-order valence-corrected chi connectivity index (χ1v) is 7.73. The first-order valence-electron chi connectivity index (χ1n) is 7.73. The van der Waals surface area contributed by atoms with Crippen LogP contribution in [0.3, 0.4) is 0 Å². The van der Waals surface area contributed by atoms with Crippen molar-refractivity contribution in [2.45, 2.75) is 26.1 Å². The van der Waals surface area contributed by atoms with Crippen LogP contribution in [-0.2, 0) is 11.4 Å². The molecule has 1 aliphatic rings. The lowest BCUT2D eigenvalue weighted by Gasteiger charge is -2.36. The van der Waals surface area contributed by atoms with Crippen LogP contribution in [0.25, 0.3) is 11.1 Å². The lowest BCUT2D eigenvalue weighted by atomic mass is 10.0. The van der Waals surface area contributed by atoms with Gasteiger partial charge in [-0.2, -0.15) is 10.1 Å². The van der Waals surface area contributed by atoms with Crippen molar-refractivity contribution in [1.82, 2.24) is 5.06 Å². The highest BCUT2D eigenvalue weighted by molar-refractivity contribution is 5.95. The first-order chi connectivity index (χ1) is 11.5. The van der Waals surface area contributed by atoms with Crippen LogP contribution in [0.2, 0.25) is 0 Å². The minimum Gasteiger partial charge on any atom is -0.368 e. The van der Waals surface area contributed by atoms with Crippen molar-refractivity contribution in [3.8, 4) is 11.1 Å². The molecule has 124 valence electrons. The lowest BCUT2D eigenvalue weighted by Crippen LogP contribution is -2.53. The SMILES string of the molecule is CC1(C)N=C(N)N=C(N)N1OCc1cccc(-c2ccccc2)c1. The Morgan fingerprint density at radius 3 is 2.42 bits per heavy atom. The van der Waals surface area contributed by atoms with E-state index in [4.69, 9.17) is 16.3 Å². The van der Waals surface area contributed by atoms with Gasteiger partial charge in [0.25, 0.3) is 0 Å². The molecule has 0 atom stereocenters. The van der Waals surface area contributed by atoms with Gasteiger partial charge < -0.3 is 11.5 Å². The molecule has 3 rings (SSSR count). The van der Waals surface area contributed by atoms with Gasteiger partial charge in [0.05, 0.1) is 0 Å². The molecule has 1 heterocycles. The van der Waals surface area contributed by atoms with Crippen molar-refractivity contribution in [2.75, 3.05) is 0 Å². The minimum atomic E-state index is -0.701. The number of nitrogens with two attached hydrogens (primary N) is 2. The van der Waals surface area contributed by atoms with E-state index in [0.29, 0.717) is 6.61 Å². The van der Waals surface area contributed by atoms with Crippen LogP contribution in [0.5, 0.6) is 0 Å². The summed E-state index contributed by atoms with van der Waals surface area (Å²) in [6.45, 7) is 4.08. The molecule has 0 radical (unpaired) electrons.